The van der Waals surface area contributed by atoms with Crippen LogP contribution < -0.4 is 10.6 Å². The van der Waals surface area contributed by atoms with Crippen molar-refractivity contribution in [3.8, 4) is 0 Å². The first kappa shape index (κ1) is 31.6. The maximum absolute atomic E-state index is 12.3. The average Bonchev–Trinajstić information content (AvgIpc) is 2.90. The number of unbranched alkanes of at least 4 members (excludes halogenated alkanes) is 2. The van der Waals surface area contributed by atoms with Gasteiger partial charge in [0.15, 0.2) is 0 Å². The number of hydrogen-bond donors (Lipinski definition) is 2. The van der Waals surface area contributed by atoms with Crippen molar-refractivity contribution in [3.05, 3.63) is 0 Å². The highest BCUT2D eigenvalue weighted by atomic mass is 16.8. The summed E-state index contributed by atoms with van der Waals surface area (Å²) in [7, 11) is 3.58. The Kier molecular flexibility index (Phi) is 14.2. The van der Waals surface area contributed by atoms with E-state index in [4.69, 9.17) is 9.68 Å². The minimum Gasteiger partial charge on any atom is -0.359 e. The summed E-state index contributed by atoms with van der Waals surface area (Å²) in [5.41, 5.74) is 0. The summed E-state index contributed by atoms with van der Waals surface area (Å²) in [5, 5.41) is 8.81. The Bertz CT molecular complexity index is 691. The zero-order chi connectivity index (χ0) is 27.9. The fourth-order valence-corrected chi connectivity index (χ4v) is 4.63. The third kappa shape index (κ3) is 11.4. The molecule has 0 aromatic heterocycles. The molecule has 0 radical (unpaired) electrons. The van der Waals surface area contributed by atoms with Crippen LogP contribution in [0.2, 0.25) is 0 Å². The number of rotatable bonds is 12. The summed E-state index contributed by atoms with van der Waals surface area (Å²) in [6, 6.07) is -0.141. The lowest BCUT2D eigenvalue weighted by Gasteiger charge is -2.33. The molecule has 2 aliphatic rings. The standard InChI is InChI=1S/C26H48N6O6/c1-5-7-13-27-25(35)29(3)19-21-9-15-31(16-10-21)37-23(33)24(34)38-32-17-11-22(12-18-32)20-30(4)26(36)28-14-8-6-2/h21-22H,5-20H2,1-4H3,(H,27,35)(H,28,36). The van der Waals surface area contributed by atoms with Crippen LogP contribution in [-0.4, -0.2) is 110 Å². The van der Waals surface area contributed by atoms with Crippen molar-refractivity contribution in [3.63, 3.8) is 0 Å². The van der Waals surface area contributed by atoms with E-state index in [-0.39, 0.29) is 12.1 Å². The fraction of sp³-hybridized carbons (Fsp3) is 0.846. The fourth-order valence-electron chi connectivity index (χ4n) is 4.63. The second-order valence-electron chi connectivity index (χ2n) is 10.4. The first-order valence-electron chi connectivity index (χ1n) is 14.1. The van der Waals surface area contributed by atoms with Gasteiger partial charge in [0.05, 0.1) is 0 Å². The number of nitrogens with one attached hydrogen (secondary N) is 2. The van der Waals surface area contributed by atoms with Crippen LogP contribution in [0.3, 0.4) is 0 Å². The van der Waals surface area contributed by atoms with Crippen molar-refractivity contribution in [1.82, 2.24) is 30.6 Å². The molecule has 0 atom stereocenters. The molecule has 0 saturated carbocycles. The molecule has 2 rings (SSSR count). The van der Waals surface area contributed by atoms with E-state index in [0.29, 0.717) is 64.2 Å². The van der Waals surface area contributed by atoms with E-state index >= 15 is 0 Å². The van der Waals surface area contributed by atoms with Crippen molar-refractivity contribution in [1.29, 1.82) is 0 Å². The average molecular weight is 541 g/mol. The third-order valence-electron chi connectivity index (χ3n) is 7.11. The lowest BCUT2D eigenvalue weighted by atomic mass is 9.97. The zero-order valence-electron chi connectivity index (χ0n) is 23.7. The molecule has 0 aromatic carbocycles. The normalized spacial score (nSPS) is 17.5. The maximum Gasteiger partial charge on any atom is 0.438 e. The van der Waals surface area contributed by atoms with Gasteiger partial charge in [-0.25, -0.2) is 19.2 Å². The molecule has 12 nitrogen and oxygen atoms in total. The van der Waals surface area contributed by atoms with Crippen molar-refractivity contribution < 1.29 is 28.9 Å². The van der Waals surface area contributed by atoms with Gasteiger partial charge in [-0.15, -0.1) is 10.1 Å². The smallest absolute Gasteiger partial charge is 0.359 e. The molecule has 0 unspecified atom stereocenters. The second-order valence-corrected chi connectivity index (χ2v) is 10.4. The monoisotopic (exact) mass is 540 g/mol. The molecule has 0 bridgehead atoms. The van der Waals surface area contributed by atoms with Crippen molar-refractivity contribution in [2.45, 2.75) is 65.2 Å². The highest BCUT2D eigenvalue weighted by molar-refractivity contribution is 6.29. The van der Waals surface area contributed by atoms with Gasteiger partial charge in [-0.2, -0.15) is 0 Å². The highest BCUT2D eigenvalue weighted by Crippen LogP contribution is 2.20. The lowest BCUT2D eigenvalue weighted by molar-refractivity contribution is -0.223. The quantitative estimate of drug-likeness (QED) is 0.285. The molecule has 38 heavy (non-hydrogen) atoms. The molecule has 0 aliphatic carbocycles. The minimum absolute atomic E-state index is 0.0704. The molecule has 2 aliphatic heterocycles. The second kappa shape index (κ2) is 17.1. The first-order valence-corrected chi connectivity index (χ1v) is 14.1. The Labute approximate surface area is 227 Å². The zero-order valence-corrected chi connectivity index (χ0v) is 23.7. The predicted molar refractivity (Wildman–Crippen MR) is 143 cm³/mol. The van der Waals surface area contributed by atoms with E-state index in [1.54, 1.807) is 23.9 Å². The van der Waals surface area contributed by atoms with Gasteiger partial charge < -0.3 is 30.1 Å². The number of carbonyl (C=O) groups is 4. The number of carbonyl (C=O) groups excluding carboxylic acids is 4. The van der Waals surface area contributed by atoms with Gasteiger partial charge in [-0.05, 0) is 50.4 Å². The number of urea groups is 2. The van der Waals surface area contributed by atoms with Crippen LogP contribution in [0.4, 0.5) is 9.59 Å². The maximum atomic E-state index is 12.3. The third-order valence-corrected chi connectivity index (χ3v) is 7.11. The van der Waals surface area contributed by atoms with Crippen molar-refractivity contribution in [2.24, 2.45) is 11.8 Å². The summed E-state index contributed by atoms with van der Waals surface area (Å²) < 4.78 is 0. The van der Waals surface area contributed by atoms with E-state index in [2.05, 4.69) is 24.5 Å². The lowest BCUT2D eigenvalue weighted by Crippen LogP contribution is -2.45. The number of nitrogens with zero attached hydrogens (tertiary/aromatic N) is 4. The Balaban J connectivity index is 1.61. The molecule has 0 aromatic rings. The molecule has 2 fully saturated rings. The largest absolute Gasteiger partial charge is 0.438 e. The molecule has 0 spiro atoms. The Morgan fingerprint density at radius 2 is 1.03 bits per heavy atom. The summed E-state index contributed by atoms with van der Waals surface area (Å²) in [6.07, 6.45) is 7.02. The number of piperidine rings is 2. The van der Waals surface area contributed by atoms with Gasteiger partial charge >= 0.3 is 24.0 Å². The summed E-state index contributed by atoms with van der Waals surface area (Å²) in [4.78, 5) is 62.7. The molecule has 2 N–H and O–H groups in total. The Morgan fingerprint density at radius 3 is 1.34 bits per heavy atom. The Morgan fingerprint density at radius 1 is 0.684 bits per heavy atom. The van der Waals surface area contributed by atoms with Crippen molar-refractivity contribution >= 4 is 24.0 Å². The topological polar surface area (TPSA) is 124 Å². The van der Waals surface area contributed by atoms with Crippen LogP contribution in [0.1, 0.15) is 65.2 Å². The molecule has 2 saturated heterocycles. The molecular formula is C26H48N6O6. The summed E-state index contributed by atoms with van der Waals surface area (Å²) >= 11 is 0. The van der Waals surface area contributed by atoms with Crippen LogP contribution >= 0.6 is 0 Å². The molecule has 2 heterocycles. The van der Waals surface area contributed by atoms with E-state index < -0.39 is 11.9 Å². The summed E-state index contributed by atoms with van der Waals surface area (Å²) in [5.74, 6) is -1.44. The minimum atomic E-state index is -1.03. The van der Waals surface area contributed by atoms with Crippen molar-refractivity contribution in [2.75, 3.05) is 66.5 Å². The molecule has 218 valence electrons. The van der Waals surface area contributed by atoms with Crippen LogP contribution in [0.25, 0.3) is 0 Å². The van der Waals surface area contributed by atoms with Gasteiger partial charge in [0.1, 0.15) is 0 Å². The van der Waals surface area contributed by atoms with Gasteiger partial charge in [0.25, 0.3) is 0 Å². The molecular weight excluding hydrogens is 492 g/mol. The van der Waals surface area contributed by atoms with E-state index in [9.17, 15) is 19.2 Å². The van der Waals surface area contributed by atoms with Crippen LogP contribution in [0.5, 0.6) is 0 Å². The predicted octanol–water partition coefficient (Wildman–Crippen LogP) is 2.21. The van der Waals surface area contributed by atoms with E-state index in [1.165, 1.54) is 10.1 Å². The van der Waals surface area contributed by atoms with Crippen LogP contribution in [0.15, 0.2) is 0 Å². The SMILES string of the molecule is CCCCNC(=O)N(C)CC1CCN(OC(=O)C(=O)ON2CCC(CN(C)C(=O)NCCCC)CC2)CC1. The summed E-state index contributed by atoms with van der Waals surface area (Å²) in [6.45, 7) is 8.79. The number of hydrogen-bond acceptors (Lipinski definition) is 8. The molecule has 4 amide bonds. The highest BCUT2D eigenvalue weighted by Gasteiger charge is 2.30. The van der Waals surface area contributed by atoms with Gasteiger partial charge in [0.2, 0.25) is 0 Å². The number of hydroxylamine groups is 4. The van der Waals surface area contributed by atoms with Crippen LogP contribution in [-0.2, 0) is 19.3 Å². The van der Waals surface area contributed by atoms with Gasteiger partial charge in [0, 0.05) is 66.5 Å². The number of amides is 4. The van der Waals surface area contributed by atoms with Gasteiger partial charge in [-0.3, -0.25) is 0 Å². The Hall–Kier alpha value is -2.60. The van der Waals surface area contributed by atoms with Gasteiger partial charge in [-0.1, -0.05) is 26.7 Å². The van der Waals surface area contributed by atoms with Crippen LogP contribution in [0, 0.1) is 11.8 Å². The first-order chi connectivity index (χ1) is 18.2. The van der Waals surface area contributed by atoms with E-state index in [1.807, 2.05) is 0 Å². The molecule has 12 heteroatoms. The van der Waals surface area contributed by atoms with E-state index in [0.717, 1.165) is 51.4 Å².